The van der Waals surface area contributed by atoms with E-state index in [0.717, 1.165) is 0 Å². The fourth-order valence-corrected chi connectivity index (χ4v) is 3.13. The van der Waals surface area contributed by atoms with Gasteiger partial charge in [0.2, 0.25) is 0 Å². The van der Waals surface area contributed by atoms with E-state index in [-0.39, 0.29) is 25.4 Å². The number of carbonyl (C=O) groups is 2. The van der Waals surface area contributed by atoms with Gasteiger partial charge in [0.05, 0.1) is 13.2 Å². The largest absolute Gasteiger partial charge is 0.480 e. The molecule has 6 N–H and O–H groups in total. The minimum absolute atomic E-state index is 0.00426. The second-order valence-electron chi connectivity index (χ2n) is 6.32. The molecule has 0 bridgehead atoms. The molecule has 0 spiro atoms. The van der Waals surface area contributed by atoms with E-state index in [1.54, 1.807) is 0 Å². The fourth-order valence-electron chi connectivity index (χ4n) is 3.13. The van der Waals surface area contributed by atoms with E-state index < -0.39 is 54.7 Å². The lowest BCUT2D eigenvalue weighted by molar-refractivity contribution is -0.301. The summed E-state index contributed by atoms with van der Waals surface area (Å²) in [6.07, 6.45) is -6.46. The summed E-state index contributed by atoms with van der Waals surface area (Å²) in [6.45, 7) is -0.518. The monoisotopic (exact) mass is 350 g/mol. The Morgan fingerprint density at radius 1 is 1.04 bits per heavy atom. The number of rotatable bonds is 7. The molecule has 5 atom stereocenters. The number of carboxylic acid groups (broad SMARTS) is 2. The molecule has 1 aliphatic heterocycles. The molecular weight excluding hydrogens is 328 g/mol. The highest BCUT2D eigenvalue weighted by Crippen LogP contribution is 2.47. The van der Waals surface area contributed by atoms with Gasteiger partial charge in [-0.05, 0) is 25.2 Å². The minimum atomic E-state index is -1.74. The number of aliphatic carboxylic acids is 2. The summed E-state index contributed by atoms with van der Waals surface area (Å²) in [5, 5.41) is 56.1. The fraction of sp³-hybridized carbons (Fsp3) is 0.857. The van der Waals surface area contributed by atoms with Crippen LogP contribution in [0.2, 0.25) is 0 Å². The summed E-state index contributed by atoms with van der Waals surface area (Å²) in [4.78, 5) is 22.1. The summed E-state index contributed by atoms with van der Waals surface area (Å²) in [6, 6.07) is 0. The Kier molecular flexibility index (Phi) is 5.78. The molecule has 1 saturated heterocycles. The number of hydrogen-bond donors (Lipinski definition) is 6. The Labute approximate surface area is 137 Å². The van der Waals surface area contributed by atoms with E-state index in [1.807, 2.05) is 0 Å². The highest BCUT2D eigenvalue weighted by atomic mass is 16.7. The third kappa shape index (κ3) is 3.39. The van der Waals surface area contributed by atoms with E-state index in [4.69, 9.17) is 24.8 Å². The second kappa shape index (κ2) is 7.30. The predicted octanol–water partition coefficient (Wildman–Crippen LogP) is -2.24. The summed E-state index contributed by atoms with van der Waals surface area (Å²) >= 11 is 0. The first kappa shape index (κ1) is 19.0. The summed E-state index contributed by atoms with van der Waals surface area (Å²) in [7, 11) is 0. The average Bonchev–Trinajstić information content (AvgIpc) is 2.48. The number of ether oxygens (including phenoxy) is 2. The van der Waals surface area contributed by atoms with Gasteiger partial charge < -0.3 is 40.1 Å². The normalized spacial score (nSPS) is 36.1. The van der Waals surface area contributed by atoms with Crippen molar-refractivity contribution in [2.24, 2.45) is 11.3 Å². The lowest BCUT2D eigenvalue weighted by atomic mass is 9.61. The molecule has 24 heavy (non-hydrogen) atoms. The molecule has 1 unspecified atom stereocenters. The molecule has 1 saturated carbocycles. The number of hydrogen-bond acceptors (Lipinski definition) is 8. The molecule has 138 valence electrons. The maximum atomic E-state index is 11.1. The average molecular weight is 350 g/mol. The van der Waals surface area contributed by atoms with Crippen molar-refractivity contribution in [1.29, 1.82) is 0 Å². The van der Waals surface area contributed by atoms with Crippen molar-refractivity contribution in [2.45, 2.75) is 50.0 Å². The SMILES string of the molecule is O=C(O)C1(C(=O)O)CC(CCOC2O[C@H](CO)[C@@H](O)[C@H](O)[C@H]2O)C1. The molecule has 0 radical (unpaired) electrons. The maximum Gasteiger partial charge on any atom is 0.321 e. The summed E-state index contributed by atoms with van der Waals surface area (Å²) < 4.78 is 10.5. The van der Waals surface area contributed by atoms with Gasteiger partial charge in [-0.3, -0.25) is 9.59 Å². The van der Waals surface area contributed by atoms with E-state index in [2.05, 4.69) is 0 Å². The molecule has 0 aromatic heterocycles. The van der Waals surface area contributed by atoms with Crippen molar-refractivity contribution in [1.82, 2.24) is 0 Å². The van der Waals surface area contributed by atoms with Crippen LogP contribution in [0, 0.1) is 11.3 Å². The standard InChI is InChI=1S/C14H22O10/c15-5-7-8(16)9(17)10(18)11(24-7)23-2-1-6-3-14(4-6,12(19)20)13(21)22/h6-11,15-18H,1-5H2,(H,19,20)(H,21,22)/t7-,8-,9+,10-,11?/m1/s1. The van der Waals surface area contributed by atoms with Gasteiger partial charge in [0, 0.05) is 0 Å². The van der Waals surface area contributed by atoms with Crippen LogP contribution in [0.25, 0.3) is 0 Å². The summed E-state index contributed by atoms with van der Waals surface area (Å²) in [5.74, 6) is -2.87. The molecule has 2 aliphatic rings. The van der Waals surface area contributed by atoms with Crippen LogP contribution in [0.3, 0.4) is 0 Å². The lowest BCUT2D eigenvalue weighted by Gasteiger charge is -2.42. The second-order valence-corrected chi connectivity index (χ2v) is 6.32. The van der Waals surface area contributed by atoms with Gasteiger partial charge >= 0.3 is 11.9 Å². The van der Waals surface area contributed by atoms with Crippen LogP contribution in [0.5, 0.6) is 0 Å². The van der Waals surface area contributed by atoms with Gasteiger partial charge in [0.1, 0.15) is 24.4 Å². The third-order valence-electron chi connectivity index (χ3n) is 4.75. The zero-order valence-corrected chi connectivity index (χ0v) is 12.8. The van der Waals surface area contributed by atoms with Gasteiger partial charge in [-0.15, -0.1) is 0 Å². The van der Waals surface area contributed by atoms with Gasteiger partial charge in [-0.25, -0.2) is 0 Å². The molecule has 2 rings (SSSR count). The zero-order chi connectivity index (χ0) is 18.1. The number of aliphatic hydroxyl groups excluding tert-OH is 4. The van der Waals surface area contributed by atoms with Crippen molar-refractivity contribution < 1.29 is 49.7 Å². The van der Waals surface area contributed by atoms with Gasteiger partial charge in [0.15, 0.2) is 11.7 Å². The van der Waals surface area contributed by atoms with Gasteiger partial charge in [0.25, 0.3) is 0 Å². The highest BCUT2D eigenvalue weighted by Gasteiger charge is 2.56. The lowest BCUT2D eigenvalue weighted by Crippen LogP contribution is -2.59. The first-order valence-electron chi connectivity index (χ1n) is 7.62. The van der Waals surface area contributed by atoms with Crippen molar-refractivity contribution in [3.8, 4) is 0 Å². The van der Waals surface area contributed by atoms with Gasteiger partial charge in [-0.1, -0.05) is 0 Å². The van der Waals surface area contributed by atoms with Crippen LogP contribution >= 0.6 is 0 Å². The molecule has 2 fully saturated rings. The van der Waals surface area contributed by atoms with Crippen LogP contribution < -0.4 is 0 Å². The van der Waals surface area contributed by atoms with E-state index in [9.17, 15) is 24.9 Å². The number of aliphatic hydroxyl groups is 4. The maximum absolute atomic E-state index is 11.1. The van der Waals surface area contributed by atoms with Gasteiger partial charge in [-0.2, -0.15) is 0 Å². The first-order valence-corrected chi connectivity index (χ1v) is 7.62. The molecule has 1 heterocycles. The Hall–Kier alpha value is -1.30. The Balaban J connectivity index is 1.79. The molecule has 10 heteroatoms. The van der Waals surface area contributed by atoms with Crippen molar-refractivity contribution >= 4 is 11.9 Å². The Bertz CT molecular complexity index is 456. The van der Waals surface area contributed by atoms with Crippen LogP contribution in [0.4, 0.5) is 0 Å². The number of carboxylic acids is 2. The topological polar surface area (TPSA) is 174 Å². The van der Waals surface area contributed by atoms with Crippen molar-refractivity contribution in [3.05, 3.63) is 0 Å². The molecule has 0 aromatic carbocycles. The highest BCUT2D eigenvalue weighted by molar-refractivity contribution is 5.99. The smallest absolute Gasteiger partial charge is 0.321 e. The molecular formula is C14H22O10. The minimum Gasteiger partial charge on any atom is -0.480 e. The van der Waals surface area contributed by atoms with Crippen LogP contribution in [-0.2, 0) is 19.1 Å². The Morgan fingerprint density at radius 3 is 2.12 bits per heavy atom. The Morgan fingerprint density at radius 2 is 1.62 bits per heavy atom. The first-order chi connectivity index (χ1) is 11.2. The van der Waals surface area contributed by atoms with Crippen LogP contribution in [0.15, 0.2) is 0 Å². The predicted molar refractivity (Wildman–Crippen MR) is 74.8 cm³/mol. The van der Waals surface area contributed by atoms with E-state index in [1.165, 1.54) is 0 Å². The third-order valence-corrected chi connectivity index (χ3v) is 4.75. The quantitative estimate of drug-likeness (QED) is 0.275. The molecule has 1 aliphatic carbocycles. The van der Waals surface area contributed by atoms with Crippen LogP contribution in [0.1, 0.15) is 19.3 Å². The van der Waals surface area contributed by atoms with E-state index >= 15 is 0 Å². The van der Waals surface area contributed by atoms with E-state index in [0.29, 0.717) is 6.42 Å². The van der Waals surface area contributed by atoms with Crippen molar-refractivity contribution in [3.63, 3.8) is 0 Å². The summed E-state index contributed by atoms with van der Waals surface area (Å²) in [5.41, 5.74) is -1.74. The molecule has 0 aromatic rings. The molecule has 10 nitrogen and oxygen atoms in total. The molecule has 0 amide bonds. The van der Waals surface area contributed by atoms with Crippen molar-refractivity contribution in [2.75, 3.05) is 13.2 Å². The van der Waals surface area contributed by atoms with Crippen LogP contribution in [-0.4, -0.2) is 86.5 Å². The zero-order valence-electron chi connectivity index (χ0n) is 12.8.